The van der Waals surface area contributed by atoms with E-state index < -0.39 is 12.2 Å². The predicted octanol–water partition coefficient (Wildman–Crippen LogP) is 0.145. The molecule has 2 atom stereocenters. The quantitative estimate of drug-likeness (QED) is 0.627. The van der Waals surface area contributed by atoms with Gasteiger partial charge in [0.25, 0.3) is 0 Å². The number of hydrogen-bond acceptors (Lipinski definition) is 5. The smallest absolute Gasteiger partial charge is 0.310 e. The number of rotatable bonds is 6. The third kappa shape index (κ3) is 4.10. The largest absolute Gasteiger partial charge is 0.466 e. The van der Waals surface area contributed by atoms with Crippen LogP contribution in [0.2, 0.25) is 0 Å². The molecule has 0 saturated heterocycles. The Morgan fingerprint density at radius 3 is 2.44 bits per heavy atom. The summed E-state index contributed by atoms with van der Waals surface area (Å²) in [6, 6.07) is 6.77. The van der Waals surface area contributed by atoms with E-state index in [0.29, 0.717) is 12.2 Å². The van der Waals surface area contributed by atoms with Gasteiger partial charge in [0.2, 0.25) is 0 Å². The van der Waals surface area contributed by atoms with Crippen molar-refractivity contribution < 1.29 is 19.7 Å². The van der Waals surface area contributed by atoms with Crippen molar-refractivity contribution in [2.24, 2.45) is 5.73 Å². The van der Waals surface area contributed by atoms with Crippen molar-refractivity contribution in [3.8, 4) is 0 Å². The molecule has 5 heteroatoms. The van der Waals surface area contributed by atoms with Crippen LogP contribution >= 0.6 is 0 Å². The summed E-state index contributed by atoms with van der Waals surface area (Å²) in [6.45, 7) is 2.11. The van der Waals surface area contributed by atoms with Gasteiger partial charge in [-0.15, -0.1) is 0 Å². The Morgan fingerprint density at radius 2 is 1.94 bits per heavy atom. The Kier molecular flexibility index (Phi) is 5.77. The van der Waals surface area contributed by atoms with Gasteiger partial charge < -0.3 is 20.7 Å². The number of carbonyl (C=O) groups excluding carboxylic acids is 1. The topological polar surface area (TPSA) is 92.8 Å². The van der Waals surface area contributed by atoms with Crippen molar-refractivity contribution >= 4 is 5.97 Å². The van der Waals surface area contributed by atoms with Crippen LogP contribution in [0.3, 0.4) is 0 Å². The van der Waals surface area contributed by atoms with Crippen LogP contribution in [0.25, 0.3) is 0 Å². The maximum absolute atomic E-state index is 11.3. The zero-order chi connectivity index (χ0) is 13.5. The Hall–Kier alpha value is -1.43. The predicted molar refractivity (Wildman–Crippen MR) is 66.8 cm³/mol. The summed E-state index contributed by atoms with van der Waals surface area (Å²) in [5, 5.41) is 19.1. The molecule has 0 spiro atoms. The first kappa shape index (κ1) is 14.6. The zero-order valence-corrected chi connectivity index (χ0v) is 10.4. The molecule has 0 aliphatic heterocycles. The van der Waals surface area contributed by atoms with Crippen LogP contribution < -0.4 is 5.73 Å². The first-order valence-corrected chi connectivity index (χ1v) is 5.89. The molecular weight excluding hydrogens is 234 g/mol. The lowest BCUT2D eigenvalue weighted by atomic mass is 10.0. The van der Waals surface area contributed by atoms with E-state index in [1.165, 1.54) is 0 Å². The van der Waals surface area contributed by atoms with Crippen molar-refractivity contribution in [3.63, 3.8) is 0 Å². The van der Waals surface area contributed by atoms with E-state index in [0.717, 1.165) is 5.56 Å². The molecule has 0 amide bonds. The second-order valence-electron chi connectivity index (χ2n) is 3.97. The van der Waals surface area contributed by atoms with E-state index in [4.69, 9.17) is 10.5 Å². The van der Waals surface area contributed by atoms with Gasteiger partial charge in [0.1, 0.15) is 6.10 Å². The highest BCUT2D eigenvalue weighted by Crippen LogP contribution is 2.17. The maximum atomic E-state index is 11.3. The Morgan fingerprint density at radius 1 is 1.33 bits per heavy atom. The van der Waals surface area contributed by atoms with Gasteiger partial charge in [-0.3, -0.25) is 4.79 Å². The number of aliphatic hydroxyl groups is 2. The van der Waals surface area contributed by atoms with Crippen LogP contribution in [0.1, 0.15) is 24.2 Å². The molecule has 0 fully saturated rings. The minimum Gasteiger partial charge on any atom is -0.466 e. The fraction of sp³-hybridized carbons (Fsp3) is 0.462. The van der Waals surface area contributed by atoms with Gasteiger partial charge in [-0.2, -0.15) is 0 Å². The van der Waals surface area contributed by atoms with Crippen molar-refractivity contribution in [1.82, 2.24) is 0 Å². The molecule has 0 aromatic heterocycles. The molecule has 2 unspecified atom stereocenters. The van der Waals surface area contributed by atoms with Crippen molar-refractivity contribution in [2.75, 3.05) is 13.2 Å². The molecule has 1 aromatic rings. The number of esters is 1. The lowest BCUT2D eigenvalue weighted by molar-refractivity contribution is -0.142. The van der Waals surface area contributed by atoms with E-state index in [1.54, 1.807) is 31.2 Å². The number of carbonyl (C=O) groups is 1. The molecule has 1 rings (SSSR count). The van der Waals surface area contributed by atoms with Crippen molar-refractivity contribution in [2.45, 2.75) is 25.6 Å². The molecule has 5 nitrogen and oxygen atoms in total. The summed E-state index contributed by atoms with van der Waals surface area (Å²) >= 11 is 0. The minimum absolute atomic E-state index is 0.00819. The molecule has 4 N–H and O–H groups in total. The normalized spacial score (nSPS) is 14.0. The van der Waals surface area contributed by atoms with E-state index in [1.807, 2.05) is 0 Å². The number of hydrogen-bond donors (Lipinski definition) is 3. The Labute approximate surface area is 106 Å². The highest BCUT2D eigenvalue weighted by atomic mass is 16.5. The average Bonchev–Trinajstić information content (AvgIpc) is 2.38. The molecule has 0 aliphatic carbocycles. The molecule has 0 heterocycles. The fourth-order valence-corrected chi connectivity index (χ4v) is 1.56. The number of benzene rings is 1. The minimum atomic E-state index is -1.01. The summed E-state index contributed by atoms with van der Waals surface area (Å²) in [7, 11) is 0. The van der Waals surface area contributed by atoms with Crippen LogP contribution in [0, 0.1) is 0 Å². The summed E-state index contributed by atoms with van der Waals surface area (Å²) in [5.74, 6) is -0.284. The molecule has 1 aromatic carbocycles. The maximum Gasteiger partial charge on any atom is 0.310 e. The molecule has 18 heavy (non-hydrogen) atoms. The van der Waals surface area contributed by atoms with Gasteiger partial charge in [0.15, 0.2) is 0 Å². The number of ether oxygens (including phenoxy) is 1. The van der Waals surface area contributed by atoms with Gasteiger partial charge >= 0.3 is 5.97 Å². The van der Waals surface area contributed by atoms with E-state index in [9.17, 15) is 15.0 Å². The lowest BCUT2D eigenvalue weighted by Gasteiger charge is -2.16. The second kappa shape index (κ2) is 7.10. The zero-order valence-electron chi connectivity index (χ0n) is 10.4. The summed E-state index contributed by atoms with van der Waals surface area (Å²) in [6.07, 6.45) is -1.79. The lowest BCUT2D eigenvalue weighted by Crippen LogP contribution is -2.27. The molecule has 0 aliphatic rings. The molecule has 0 saturated carbocycles. The summed E-state index contributed by atoms with van der Waals surface area (Å²) in [4.78, 5) is 11.3. The average molecular weight is 253 g/mol. The highest BCUT2D eigenvalue weighted by Gasteiger charge is 2.16. The van der Waals surface area contributed by atoms with E-state index >= 15 is 0 Å². The number of nitrogens with two attached hydrogens (primary N) is 1. The standard InChI is InChI=1S/C13H19NO4/c1-2-18-12(16)7-9-3-5-10(6-4-9)13(17)11(15)8-14/h3-6,11,13,15,17H,2,7-8,14H2,1H3. The van der Waals surface area contributed by atoms with Crippen LogP contribution in [0.5, 0.6) is 0 Å². The van der Waals surface area contributed by atoms with Crippen LogP contribution in [-0.2, 0) is 16.0 Å². The fourth-order valence-electron chi connectivity index (χ4n) is 1.56. The van der Waals surface area contributed by atoms with Crippen molar-refractivity contribution in [1.29, 1.82) is 0 Å². The van der Waals surface area contributed by atoms with Gasteiger partial charge in [0, 0.05) is 6.54 Å². The highest BCUT2D eigenvalue weighted by molar-refractivity contribution is 5.72. The van der Waals surface area contributed by atoms with Gasteiger partial charge in [0.05, 0.1) is 19.1 Å². The third-order valence-corrected chi connectivity index (χ3v) is 2.58. The number of aliphatic hydroxyl groups excluding tert-OH is 2. The van der Waals surface area contributed by atoms with Crippen LogP contribution in [0.4, 0.5) is 0 Å². The van der Waals surface area contributed by atoms with Crippen LogP contribution in [0.15, 0.2) is 24.3 Å². The SMILES string of the molecule is CCOC(=O)Cc1ccc(C(O)C(O)CN)cc1. The first-order valence-electron chi connectivity index (χ1n) is 5.89. The van der Waals surface area contributed by atoms with Crippen molar-refractivity contribution in [3.05, 3.63) is 35.4 Å². The monoisotopic (exact) mass is 253 g/mol. The molecule has 0 bridgehead atoms. The van der Waals surface area contributed by atoms with Crippen LogP contribution in [-0.4, -0.2) is 35.4 Å². The molecular formula is C13H19NO4. The Balaban J connectivity index is 2.65. The van der Waals surface area contributed by atoms with Gasteiger partial charge in [-0.25, -0.2) is 0 Å². The molecule has 0 radical (unpaired) electrons. The molecule has 100 valence electrons. The van der Waals surface area contributed by atoms with Gasteiger partial charge in [-0.1, -0.05) is 24.3 Å². The summed E-state index contributed by atoms with van der Waals surface area (Å²) < 4.78 is 4.83. The van der Waals surface area contributed by atoms with E-state index in [2.05, 4.69) is 0 Å². The van der Waals surface area contributed by atoms with Gasteiger partial charge in [-0.05, 0) is 18.1 Å². The summed E-state index contributed by atoms with van der Waals surface area (Å²) in [5.41, 5.74) is 6.64. The third-order valence-electron chi connectivity index (χ3n) is 2.58. The van der Waals surface area contributed by atoms with E-state index in [-0.39, 0.29) is 18.9 Å². The second-order valence-corrected chi connectivity index (χ2v) is 3.97. The first-order chi connectivity index (χ1) is 8.58. The Bertz CT molecular complexity index is 377.